The van der Waals surface area contributed by atoms with Crippen LogP contribution in [0.15, 0.2) is 41.7 Å². The Kier molecular flexibility index (Phi) is 10.4. The molecule has 0 saturated carbocycles. The fourth-order valence-electron chi connectivity index (χ4n) is 4.14. The maximum absolute atomic E-state index is 6.27. The molecule has 0 amide bonds. The van der Waals surface area contributed by atoms with Crippen molar-refractivity contribution in [3.63, 3.8) is 0 Å². The lowest BCUT2D eigenvalue weighted by atomic mass is 9.85. The summed E-state index contributed by atoms with van der Waals surface area (Å²) >= 11 is 6.27. The fraction of sp³-hybridized carbons (Fsp3) is 0.545. The summed E-state index contributed by atoms with van der Waals surface area (Å²) in [6, 6.07) is 8.62. The minimum atomic E-state index is 0. The largest absolute Gasteiger partial charge is 0.357 e. The summed E-state index contributed by atoms with van der Waals surface area (Å²) in [6.07, 6.45) is 7.28. The van der Waals surface area contributed by atoms with Gasteiger partial charge in [-0.25, -0.2) is 0 Å². The third-order valence-electron chi connectivity index (χ3n) is 5.49. The molecule has 6 nitrogen and oxygen atoms in total. The maximum Gasteiger partial charge on any atom is 0.191 e. The Labute approximate surface area is 202 Å². The van der Waals surface area contributed by atoms with E-state index in [-0.39, 0.29) is 24.0 Å². The van der Waals surface area contributed by atoms with Crippen molar-refractivity contribution in [2.24, 2.45) is 18.0 Å². The third-order valence-corrected chi connectivity index (χ3v) is 5.73. The van der Waals surface area contributed by atoms with Crippen molar-refractivity contribution < 1.29 is 0 Å². The summed E-state index contributed by atoms with van der Waals surface area (Å²) in [7, 11) is 4.15. The van der Waals surface area contributed by atoms with Gasteiger partial charge in [0, 0.05) is 43.9 Å². The summed E-state index contributed by atoms with van der Waals surface area (Å²) < 4.78 is 1.84. The lowest BCUT2D eigenvalue weighted by Crippen LogP contribution is -2.40. The van der Waals surface area contributed by atoms with Crippen molar-refractivity contribution in [3.8, 4) is 0 Å². The Morgan fingerprint density at radius 2 is 2.13 bits per heavy atom. The van der Waals surface area contributed by atoms with E-state index in [1.54, 1.807) is 0 Å². The summed E-state index contributed by atoms with van der Waals surface area (Å²) in [4.78, 5) is 7.36. The molecule has 2 unspecified atom stereocenters. The van der Waals surface area contributed by atoms with Crippen LogP contribution in [0.1, 0.15) is 36.9 Å². The standard InChI is InChI=1S/C22H33ClN6.HI/c1-4-24-22(25-11-10-17-14-27-29(3)16-17)26-15-19-8-6-12-28(2)21(19)18-7-5-9-20(23)13-18;/h5,7,9,13-14,16,19,21H,4,6,8,10-12,15H2,1-3H3,(H2,24,25,26);1H. The van der Waals surface area contributed by atoms with E-state index in [1.807, 2.05) is 30.1 Å². The van der Waals surface area contributed by atoms with E-state index in [1.165, 1.54) is 24.0 Å². The van der Waals surface area contributed by atoms with Gasteiger partial charge in [-0.2, -0.15) is 5.10 Å². The monoisotopic (exact) mass is 544 g/mol. The van der Waals surface area contributed by atoms with E-state index in [4.69, 9.17) is 16.6 Å². The van der Waals surface area contributed by atoms with Crippen LogP contribution in [0.5, 0.6) is 0 Å². The molecular formula is C22H34ClIN6. The highest BCUT2D eigenvalue weighted by molar-refractivity contribution is 14.0. The quantitative estimate of drug-likeness (QED) is 0.316. The molecule has 1 aromatic heterocycles. The van der Waals surface area contributed by atoms with Gasteiger partial charge < -0.3 is 10.6 Å². The number of halogens is 2. The van der Waals surface area contributed by atoms with E-state index in [0.717, 1.165) is 43.6 Å². The second kappa shape index (κ2) is 12.5. The molecule has 1 aliphatic rings. The first-order valence-electron chi connectivity index (χ1n) is 10.5. The first kappa shape index (κ1) is 24.9. The Balaban J connectivity index is 0.00000320. The van der Waals surface area contributed by atoms with Crippen molar-refractivity contribution in [2.45, 2.75) is 32.2 Å². The number of guanidine groups is 1. The van der Waals surface area contributed by atoms with Crippen LogP contribution in [-0.4, -0.2) is 53.9 Å². The van der Waals surface area contributed by atoms with Crippen molar-refractivity contribution in [1.82, 2.24) is 25.3 Å². The summed E-state index contributed by atoms with van der Waals surface area (Å²) in [5.41, 5.74) is 2.51. The number of aryl methyl sites for hydroxylation is 1. The number of nitrogens with zero attached hydrogens (tertiary/aromatic N) is 4. The number of hydrogen-bond donors (Lipinski definition) is 2. The van der Waals surface area contributed by atoms with Gasteiger partial charge in [-0.3, -0.25) is 14.6 Å². The molecule has 1 aromatic carbocycles. The van der Waals surface area contributed by atoms with Crippen LogP contribution in [0, 0.1) is 5.92 Å². The smallest absolute Gasteiger partial charge is 0.191 e. The third kappa shape index (κ3) is 7.13. The van der Waals surface area contributed by atoms with E-state index in [2.05, 4.69) is 52.9 Å². The second-order valence-corrected chi connectivity index (χ2v) is 8.24. The Hall–Kier alpha value is -1.32. The second-order valence-electron chi connectivity index (χ2n) is 7.80. The Bertz CT molecular complexity index is 808. The van der Waals surface area contributed by atoms with Crippen LogP contribution < -0.4 is 10.6 Å². The molecule has 3 rings (SSSR count). The lowest BCUT2D eigenvalue weighted by Gasteiger charge is -2.39. The highest BCUT2D eigenvalue weighted by Crippen LogP contribution is 2.36. The highest BCUT2D eigenvalue weighted by atomic mass is 127. The molecule has 2 heterocycles. The molecule has 1 aliphatic heterocycles. The van der Waals surface area contributed by atoms with Crippen LogP contribution in [0.3, 0.4) is 0 Å². The van der Waals surface area contributed by atoms with E-state index in [0.29, 0.717) is 12.0 Å². The number of benzene rings is 1. The van der Waals surface area contributed by atoms with Gasteiger partial charge in [0.25, 0.3) is 0 Å². The number of aliphatic imine (C=N–C) groups is 1. The summed E-state index contributed by atoms with van der Waals surface area (Å²) in [5.74, 6) is 1.36. The number of rotatable bonds is 7. The minimum Gasteiger partial charge on any atom is -0.357 e. The van der Waals surface area contributed by atoms with E-state index in [9.17, 15) is 0 Å². The zero-order valence-corrected chi connectivity index (χ0v) is 21.2. The van der Waals surface area contributed by atoms with Crippen LogP contribution in [0.25, 0.3) is 0 Å². The molecule has 1 saturated heterocycles. The van der Waals surface area contributed by atoms with Gasteiger partial charge in [-0.1, -0.05) is 23.7 Å². The van der Waals surface area contributed by atoms with Gasteiger partial charge in [0.1, 0.15) is 0 Å². The minimum absolute atomic E-state index is 0. The maximum atomic E-state index is 6.27. The molecule has 30 heavy (non-hydrogen) atoms. The molecule has 166 valence electrons. The van der Waals surface area contributed by atoms with Crippen LogP contribution in [0.2, 0.25) is 5.02 Å². The van der Waals surface area contributed by atoms with E-state index < -0.39 is 0 Å². The molecule has 2 aromatic rings. The molecule has 1 fully saturated rings. The molecule has 2 N–H and O–H groups in total. The molecule has 2 atom stereocenters. The summed E-state index contributed by atoms with van der Waals surface area (Å²) in [6.45, 7) is 5.69. The first-order chi connectivity index (χ1) is 14.1. The molecule has 8 heteroatoms. The number of hydrogen-bond acceptors (Lipinski definition) is 3. The van der Waals surface area contributed by atoms with Crippen molar-refractivity contribution in [1.29, 1.82) is 0 Å². The highest BCUT2D eigenvalue weighted by Gasteiger charge is 2.30. The predicted molar refractivity (Wildman–Crippen MR) is 136 cm³/mol. The summed E-state index contributed by atoms with van der Waals surface area (Å²) in [5, 5.41) is 11.9. The number of piperidine rings is 1. The average Bonchev–Trinajstić information content (AvgIpc) is 3.11. The molecule has 0 spiro atoms. The molecule has 0 radical (unpaired) electrons. The van der Waals surface area contributed by atoms with Crippen molar-refractivity contribution >= 4 is 41.5 Å². The Morgan fingerprint density at radius 3 is 2.83 bits per heavy atom. The zero-order valence-electron chi connectivity index (χ0n) is 18.1. The topological polar surface area (TPSA) is 57.5 Å². The molecule has 0 aliphatic carbocycles. The normalized spacial score (nSPS) is 19.9. The molecule has 0 bridgehead atoms. The van der Waals surface area contributed by atoms with Gasteiger partial charge in [0.05, 0.1) is 6.20 Å². The van der Waals surface area contributed by atoms with Gasteiger partial charge in [-0.05, 0) is 69.0 Å². The van der Waals surface area contributed by atoms with Gasteiger partial charge in [-0.15, -0.1) is 24.0 Å². The van der Waals surface area contributed by atoms with Crippen LogP contribution in [0.4, 0.5) is 0 Å². The molecular weight excluding hydrogens is 511 g/mol. The van der Waals surface area contributed by atoms with Gasteiger partial charge >= 0.3 is 0 Å². The zero-order chi connectivity index (χ0) is 20.6. The lowest BCUT2D eigenvalue weighted by molar-refractivity contribution is 0.125. The van der Waals surface area contributed by atoms with Crippen molar-refractivity contribution in [2.75, 3.05) is 33.2 Å². The van der Waals surface area contributed by atoms with Crippen LogP contribution >= 0.6 is 35.6 Å². The SMILES string of the molecule is CCNC(=NCC1CCCN(C)C1c1cccc(Cl)c1)NCCc1cnn(C)c1.I. The predicted octanol–water partition coefficient (Wildman–Crippen LogP) is 3.87. The first-order valence-corrected chi connectivity index (χ1v) is 10.9. The van der Waals surface area contributed by atoms with Crippen molar-refractivity contribution in [3.05, 3.63) is 52.8 Å². The number of likely N-dealkylation sites (tertiary alicyclic amines) is 1. The average molecular weight is 545 g/mol. The fourth-order valence-corrected chi connectivity index (χ4v) is 4.34. The number of aromatic nitrogens is 2. The van der Waals surface area contributed by atoms with Gasteiger partial charge in [0.15, 0.2) is 5.96 Å². The van der Waals surface area contributed by atoms with Gasteiger partial charge in [0.2, 0.25) is 0 Å². The van der Waals surface area contributed by atoms with E-state index >= 15 is 0 Å². The number of nitrogens with one attached hydrogen (secondary N) is 2. The van der Waals surface area contributed by atoms with Crippen LogP contribution in [-0.2, 0) is 13.5 Å². The Morgan fingerprint density at radius 1 is 1.30 bits per heavy atom.